The lowest BCUT2D eigenvalue weighted by molar-refractivity contribution is 0.410. The number of hydrogen-bond donors (Lipinski definition) is 1. The molecular formula is C14H12Cl2FNO. The Hall–Kier alpha value is -1.45. The van der Waals surface area contributed by atoms with Crippen molar-refractivity contribution in [1.82, 2.24) is 0 Å². The topological polar surface area (TPSA) is 21.3 Å². The number of halogens is 3. The third-order valence-corrected chi connectivity index (χ3v) is 3.19. The van der Waals surface area contributed by atoms with Crippen molar-refractivity contribution in [3.05, 3.63) is 57.8 Å². The van der Waals surface area contributed by atoms with Gasteiger partial charge in [0.1, 0.15) is 11.6 Å². The third kappa shape index (κ3) is 3.52. The highest BCUT2D eigenvalue weighted by atomic mass is 35.5. The summed E-state index contributed by atoms with van der Waals surface area (Å²) in [5.74, 6) is 0.367. The first-order valence-electron chi connectivity index (χ1n) is 5.61. The Morgan fingerprint density at radius 2 is 1.95 bits per heavy atom. The highest BCUT2D eigenvalue weighted by molar-refractivity contribution is 6.33. The number of rotatable bonds is 4. The molecule has 5 heteroatoms. The quantitative estimate of drug-likeness (QED) is 0.879. The molecule has 0 amide bonds. The summed E-state index contributed by atoms with van der Waals surface area (Å²) < 4.78 is 18.2. The van der Waals surface area contributed by atoms with Gasteiger partial charge in [0.05, 0.1) is 17.8 Å². The van der Waals surface area contributed by atoms with Crippen molar-refractivity contribution < 1.29 is 9.13 Å². The number of ether oxygens (including phenoxy) is 1. The van der Waals surface area contributed by atoms with Crippen LogP contribution >= 0.6 is 23.2 Å². The van der Waals surface area contributed by atoms with Crippen LogP contribution in [-0.4, -0.2) is 7.11 Å². The molecule has 1 N–H and O–H groups in total. The van der Waals surface area contributed by atoms with Gasteiger partial charge < -0.3 is 10.1 Å². The molecule has 0 aliphatic heterocycles. The second kappa shape index (κ2) is 6.13. The summed E-state index contributed by atoms with van der Waals surface area (Å²) in [6.45, 7) is 0.481. The van der Waals surface area contributed by atoms with Gasteiger partial charge in [-0.25, -0.2) is 4.39 Å². The van der Waals surface area contributed by atoms with Crippen molar-refractivity contribution >= 4 is 28.9 Å². The smallest absolute Gasteiger partial charge is 0.124 e. The molecule has 2 aromatic rings. The van der Waals surface area contributed by atoms with E-state index in [2.05, 4.69) is 5.32 Å². The SMILES string of the molecule is COc1ccc(Cl)cc1CNc1ccc(F)cc1Cl. The maximum absolute atomic E-state index is 12.9. The Balaban J connectivity index is 2.16. The Bertz CT molecular complexity index is 590. The van der Waals surface area contributed by atoms with Gasteiger partial charge in [-0.1, -0.05) is 23.2 Å². The Kier molecular flexibility index (Phi) is 4.51. The van der Waals surface area contributed by atoms with Crippen LogP contribution in [-0.2, 0) is 6.54 Å². The maximum Gasteiger partial charge on any atom is 0.124 e. The van der Waals surface area contributed by atoms with Crippen molar-refractivity contribution in [2.24, 2.45) is 0 Å². The van der Waals surface area contributed by atoms with E-state index in [0.29, 0.717) is 22.3 Å². The molecule has 100 valence electrons. The van der Waals surface area contributed by atoms with Crippen molar-refractivity contribution in [2.45, 2.75) is 6.54 Å². The summed E-state index contributed by atoms with van der Waals surface area (Å²) >= 11 is 11.9. The van der Waals surface area contributed by atoms with Gasteiger partial charge >= 0.3 is 0 Å². The second-order valence-corrected chi connectivity index (χ2v) is 4.78. The average molecular weight is 300 g/mol. The fourth-order valence-corrected chi connectivity index (χ4v) is 2.14. The molecule has 0 aliphatic carbocycles. The minimum atomic E-state index is -0.365. The molecule has 0 spiro atoms. The highest BCUT2D eigenvalue weighted by Gasteiger charge is 2.06. The molecule has 2 nitrogen and oxygen atoms in total. The molecule has 0 heterocycles. The lowest BCUT2D eigenvalue weighted by atomic mass is 10.2. The summed E-state index contributed by atoms with van der Waals surface area (Å²) in [4.78, 5) is 0. The lowest BCUT2D eigenvalue weighted by Crippen LogP contribution is -2.02. The average Bonchev–Trinajstić information content (AvgIpc) is 2.38. The molecule has 2 aromatic carbocycles. The number of anilines is 1. The van der Waals surface area contributed by atoms with Crippen molar-refractivity contribution in [3.63, 3.8) is 0 Å². The van der Waals surface area contributed by atoms with E-state index < -0.39 is 0 Å². The minimum absolute atomic E-state index is 0.334. The van der Waals surface area contributed by atoms with Crippen LogP contribution in [0.3, 0.4) is 0 Å². The third-order valence-electron chi connectivity index (χ3n) is 2.64. The molecule has 0 saturated carbocycles. The van der Waals surface area contributed by atoms with Crippen LogP contribution in [0.4, 0.5) is 10.1 Å². The summed E-state index contributed by atoms with van der Waals surface area (Å²) in [7, 11) is 1.59. The minimum Gasteiger partial charge on any atom is -0.496 e. The number of nitrogens with one attached hydrogen (secondary N) is 1. The molecule has 2 rings (SSSR count). The van der Waals surface area contributed by atoms with Crippen LogP contribution in [0.25, 0.3) is 0 Å². The molecule has 19 heavy (non-hydrogen) atoms. The van der Waals surface area contributed by atoms with Crippen LogP contribution in [0.2, 0.25) is 10.0 Å². The molecule has 0 aromatic heterocycles. The van der Waals surface area contributed by atoms with Crippen LogP contribution in [0.15, 0.2) is 36.4 Å². The van der Waals surface area contributed by atoms with Crippen LogP contribution < -0.4 is 10.1 Å². The van der Waals surface area contributed by atoms with E-state index in [9.17, 15) is 4.39 Å². The van der Waals surface area contributed by atoms with E-state index in [1.54, 1.807) is 25.3 Å². The fraction of sp³-hybridized carbons (Fsp3) is 0.143. The molecular weight excluding hydrogens is 288 g/mol. The predicted octanol–water partition coefficient (Wildman–Crippen LogP) is 4.75. The van der Waals surface area contributed by atoms with E-state index in [0.717, 1.165) is 11.3 Å². The number of benzene rings is 2. The molecule has 0 saturated heterocycles. The maximum atomic E-state index is 12.9. The van der Waals surface area contributed by atoms with E-state index >= 15 is 0 Å². The van der Waals surface area contributed by atoms with Gasteiger partial charge in [-0.3, -0.25) is 0 Å². The van der Waals surface area contributed by atoms with E-state index in [1.165, 1.54) is 12.1 Å². The molecule has 0 fully saturated rings. The summed E-state index contributed by atoms with van der Waals surface area (Å²) in [5, 5.41) is 4.08. The summed E-state index contributed by atoms with van der Waals surface area (Å²) in [6.07, 6.45) is 0. The zero-order valence-corrected chi connectivity index (χ0v) is 11.7. The highest BCUT2D eigenvalue weighted by Crippen LogP contribution is 2.26. The van der Waals surface area contributed by atoms with Gasteiger partial charge in [-0.05, 0) is 36.4 Å². The zero-order valence-electron chi connectivity index (χ0n) is 10.2. The van der Waals surface area contributed by atoms with Gasteiger partial charge in [0.25, 0.3) is 0 Å². The molecule has 0 radical (unpaired) electrons. The monoisotopic (exact) mass is 299 g/mol. The van der Waals surface area contributed by atoms with Crippen LogP contribution in [0, 0.1) is 5.82 Å². The summed E-state index contributed by atoms with van der Waals surface area (Å²) in [6, 6.07) is 9.57. The standard InChI is InChI=1S/C14H12Cl2FNO/c1-19-14-5-2-10(15)6-9(14)8-18-13-4-3-11(17)7-12(13)16/h2-7,18H,8H2,1H3. The van der Waals surface area contributed by atoms with Gasteiger partial charge in [0.15, 0.2) is 0 Å². The van der Waals surface area contributed by atoms with E-state index in [-0.39, 0.29) is 5.82 Å². The first-order chi connectivity index (χ1) is 9.10. The van der Waals surface area contributed by atoms with E-state index in [4.69, 9.17) is 27.9 Å². The molecule has 0 unspecified atom stereocenters. The fourth-order valence-electron chi connectivity index (χ4n) is 1.71. The van der Waals surface area contributed by atoms with Crippen molar-refractivity contribution in [3.8, 4) is 5.75 Å². The molecule has 0 aliphatic rings. The van der Waals surface area contributed by atoms with Gasteiger partial charge in [-0.2, -0.15) is 0 Å². The van der Waals surface area contributed by atoms with Gasteiger partial charge in [0.2, 0.25) is 0 Å². The Labute approximate surface area is 121 Å². The largest absolute Gasteiger partial charge is 0.496 e. The first kappa shape index (κ1) is 14.0. The normalized spacial score (nSPS) is 10.3. The Morgan fingerprint density at radius 3 is 2.63 bits per heavy atom. The van der Waals surface area contributed by atoms with Gasteiger partial charge in [-0.15, -0.1) is 0 Å². The predicted molar refractivity (Wildman–Crippen MR) is 76.7 cm³/mol. The van der Waals surface area contributed by atoms with Crippen molar-refractivity contribution in [1.29, 1.82) is 0 Å². The molecule has 0 atom stereocenters. The first-order valence-corrected chi connectivity index (χ1v) is 6.37. The van der Waals surface area contributed by atoms with E-state index in [1.807, 2.05) is 6.07 Å². The Morgan fingerprint density at radius 1 is 1.16 bits per heavy atom. The molecule has 0 bridgehead atoms. The number of methoxy groups -OCH3 is 1. The van der Waals surface area contributed by atoms with Gasteiger partial charge in [0, 0.05) is 17.1 Å². The number of hydrogen-bond acceptors (Lipinski definition) is 2. The van der Waals surface area contributed by atoms with Crippen molar-refractivity contribution in [2.75, 3.05) is 12.4 Å². The zero-order chi connectivity index (χ0) is 13.8. The second-order valence-electron chi connectivity index (χ2n) is 3.93. The lowest BCUT2D eigenvalue weighted by Gasteiger charge is -2.12. The van der Waals surface area contributed by atoms with Crippen LogP contribution in [0.1, 0.15) is 5.56 Å². The van der Waals surface area contributed by atoms with Crippen LogP contribution in [0.5, 0.6) is 5.75 Å². The summed E-state index contributed by atoms with van der Waals surface area (Å²) in [5.41, 5.74) is 1.56.